The lowest BCUT2D eigenvalue weighted by Gasteiger charge is -2.41. The van der Waals surface area contributed by atoms with Gasteiger partial charge in [0.25, 0.3) is 0 Å². The summed E-state index contributed by atoms with van der Waals surface area (Å²) in [7, 11) is 0. The molecule has 0 bridgehead atoms. The number of hydrogen-bond acceptors (Lipinski definition) is 3. The van der Waals surface area contributed by atoms with E-state index in [4.69, 9.17) is 0 Å². The fourth-order valence-electron chi connectivity index (χ4n) is 3.59. The van der Waals surface area contributed by atoms with E-state index in [0.29, 0.717) is 5.56 Å². The molecule has 1 saturated carbocycles. The topological polar surface area (TPSA) is 33.2 Å². The quantitative estimate of drug-likeness (QED) is 0.763. The molecule has 2 unspecified atom stereocenters. The Morgan fingerprint density at radius 3 is 2.68 bits per heavy atom. The van der Waals surface area contributed by atoms with Crippen LogP contribution in [0.1, 0.15) is 49.4 Å². The van der Waals surface area contributed by atoms with Crippen molar-refractivity contribution in [3.05, 3.63) is 23.9 Å². The van der Waals surface area contributed by atoms with Gasteiger partial charge in [0.15, 0.2) is 5.78 Å². The molecule has 3 heteroatoms. The summed E-state index contributed by atoms with van der Waals surface area (Å²) in [5, 5.41) is 0. The number of rotatable bonds is 2. The zero-order valence-electron chi connectivity index (χ0n) is 11.6. The Kier molecular flexibility index (Phi) is 3.54. The fourth-order valence-corrected chi connectivity index (χ4v) is 3.59. The molecule has 2 fully saturated rings. The predicted molar refractivity (Wildman–Crippen MR) is 76.5 cm³/mol. The molecule has 0 aromatic carbocycles. The van der Waals surface area contributed by atoms with Gasteiger partial charge in [-0.1, -0.05) is 19.3 Å². The van der Waals surface area contributed by atoms with E-state index in [1.54, 1.807) is 13.1 Å². The summed E-state index contributed by atoms with van der Waals surface area (Å²) >= 11 is 0. The van der Waals surface area contributed by atoms with Crippen molar-refractivity contribution >= 4 is 11.6 Å². The highest BCUT2D eigenvalue weighted by molar-refractivity contribution is 5.93. The van der Waals surface area contributed by atoms with Crippen LogP contribution >= 0.6 is 0 Å². The molecule has 102 valence electrons. The summed E-state index contributed by atoms with van der Waals surface area (Å²) in [5.41, 5.74) is 0.705. The van der Waals surface area contributed by atoms with Gasteiger partial charge in [-0.05, 0) is 43.7 Å². The van der Waals surface area contributed by atoms with Gasteiger partial charge in [0.1, 0.15) is 5.82 Å². The highest BCUT2D eigenvalue weighted by Crippen LogP contribution is 2.37. The second kappa shape index (κ2) is 5.32. The van der Waals surface area contributed by atoms with Crippen molar-refractivity contribution in [1.29, 1.82) is 0 Å². The van der Waals surface area contributed by atoms with Gasteiger partial charge < -0.3 is 4.90 Å². The number of anilines is 1. The molecule has 1 saturated heterocycles. The fraction of sp³-hybridized carbons (Fsp3) is 0.625. The van der Waals surface area contributed by atoms with Crippen LogP contribution < -0.4 is 4.90 Å². The summed E-state index contributed by atoms with van der Waals surface area (Å²) in [4.78, 5) is 18.1. The third-order valence-electron chi connectivity index (χ3n) is 4.77. The summed E-state index contributed by atoms with van der Waals surface area (Å²) in [6, 6.07) is 3.90. The SMILES string of the molecule is CC(=O)c1ccc(N2CCC3CCCCC3C2)nc1. The molecule has 0 radical (unpaired) electrons. The maximum atomic E-state index is 11.3. The zero-order chi connectivity index (χ0) is 13.2. The lowest BCUT2D eigenvalue weighted by Crippen LogP contribution is -2.42. The van der Waals surface area contributed by atoms with Crippen molar-refractivity contribution in [3.8, 4) is 0 Å². The van der Waals surface area contributed by atoms with Crippen molar-refractivity contribution in [2.24, 2.45) is 11.8 Å². The van der Waals surface area contributed by atoms with Crippen LogP contribution in [0.2, 0.25) is 0 Å². The first kappa shape index (κ1) is 12.6. The molecule has 0 spiro atoms. The molecule has 19 heavy (non-hydrogen) atoms. The number of pyridine rings is 1. The molecule has 1 aliphatic heterocycles. The van der Waals surface area contributed by atoms with Gasteiger partial charge in [-0.3, -0.25) is 4.79 Å². The van der Waals surface area contributed by atoms with E-state index in [1.165, 1.54) is 32.1 Å². The Hall–Kier alpha value is -1.38. The standard InChI is InChI=1S/C16H22N2O/c1-12(19)14-6-7-16(17-10-14)18-9-8-13-4-2-3-5-15(13)11-18/h6-7,10,13,15H,2-5,8-9,11H2,1H3. The third-order valence-corrected chi connectivity index (χ3v) is 4.77. The van der Waals surface area contributed by atoms with Gasteiger partial charge in [0.05, 0.1) is 0 Å². The molecule has 1 aromatic heterocycles. The number of nitrogens with zero attached hydrogens (tertiary/aromatic N) is 2. The lowest BCUT2D eigenvalue weighted by molar-refractivity contribution is 0.101. The van der Waals surface area contributed by atoms with Crippen LogP contribution in [0.3, 0.4) is 0 Å². The largest absolute Gasteiger partial charge is 0.356 e. The van der Waals surface area contributed by atoms with E-state index < -0.39 is 0 Å². The second-order valence-corrected chi connectivity index (χ2v) is 6.00. The van der Waals surface area contributed by atoms with Crippen LogP contribution in [0.15, 0.2) is 18.3 Å². The smallest absolute Gasteiger partial charge is 0.161 e. The Bertz CT molecular complexity index is 454. The number of fused-ring (bicyclic) bond motifs is 1. The number of carbonyl (C=O) groups is 1. The van der Waals surface area contributed by atoms with Crippen LogP contribution in [0, 0.1) is 11.8 Å². The molecule has 2 heterocycles. The number of ketones is 1. The molecule has 0 N–H and O–H groups in total. The van der Waals surface area contributed by atoms with E-state index in [9.17, 15) is 4.79 Å². The monoisotopic (exact) mass is 258 g/mol. The van der Waals surface area contributed by atoms with Gasteiger partial charge in [-0.2, -0.15) is 0 Å². The molecule has 2 aliphatic rings. The van der Waals surface area contributed by atoms with E-state index >= 15 is 0 Å². The molecule has 0 amide bonds. The summed E-state index contributed by atoms with van der Waals surface area (Å²) in [6.45, 7) is 3.86. The van der Waals surface area contributed by atoms with Crippen LogP contribution in [-0.2, 0) is 0 Å². The first-order chi connectivity index (χ1) is 9.24. The minimum absolute atomic E-state index is 0.0880. The minimum atomic E-state index is 0.0880. The van der Waals surface area contributed by atoms with Gasteiger partial charge in [-0.25, -0.2) is 4.98 Å². The number of aromatic nitrogens is 1. The number of carbonyl (C=O) groups excluding carboxylic acids is 1. The second-order valence-electron chi connectivity index (χ2n) is 6.00. The van der Waals surface area contributed by atoms with Crippen LogP contribution in [0.25, 0.3) is 0 Å². The Morgan fingerprint density at radius 2 is 2.00 bits per heavy atom. The third kappa shape index (κ3) is 2.65. The summed E-state index contributed by atoms with van der Waals surface area (Å²) in [6.07, 6.45) is 8.64. The average Bonchev–Trinajstić information content (AvgIpc) is 2.47. The van der Waals surface area contributed by atoms with E-state index in [-0.39, 0.29) is 5.78 Å². The number of hydrogen-bond donors (Lipinski definition) is 0. The molecule has 1 aliphatic carbocycles. The molecule has 3 rings (SSSR count). The Balaban J connectivity index is 1.70. The number of piperidine rings is 1. The first-order valence-electron chi connectivity index (χ1n) is 7.46. The van der Waals surface area contributed by atoms with Crippen molar-refractivity contribution < 1.29 is 4.79 Å². The molecule has 3 nitrogen and oxygen atoms in total. The van der Waals surface area contributed by atoms with Crippen molar-refractivity contribution in [1.82, 2.24) is 4.98 Å². The predicted octanol–water partition coefficient (Wildman–Crippen LogP) is 3.30. The highest BCUT2D eigenvalue weighted by atomic mass is 16.1. The Morgan fingerprint density at radius 1 is 1.21 bits per heavy atom. The number of Topliss-reactive ketones (excluding diaryl/α,β-unsaturated/α-hetero) is 1. The molecule has 2 atom stereocenters. The maximum absolute atomic E-state index is 11.3. The van der Waals surface area contributed by atoms with Crippen molar-refractivity contribution in [2.45, 2.75) is 39.0 Å². The van der Waals surface area contributed by atoms with Crippen LogP contribution in [0.5, 0.6) is 0 Å². The molecular weight excluding hydrogens is 236 g/mol. The van der Waals surface area contributed by atoms with Gasteiger partial charge >= 0.3 is 0 Å². The molecular formula is C16H22N2O. The van der Waals surface area contributed by atoms with Crippen LogP contribution in [0.4, 0.5) is 5.82 Å². The van der Waals surface area contributed by atoms with Crippen LogP contribution in [-0.4, -0.2) is 23.9 Å². The average molecular weight is 258 g/mol. The highest BCUT2D eigenvalue weighted by Gasteiger charge is 2.31. The van der Waals surface area contributed by atoms with Crippen molar-refractivity contribution in [3.63, 3.8) is 0 Å². The van der Waals surface area contributed by atoms with E-state index in [1.807, 2.05) is 12.1 Å². The summed E-state index contributed by atoms with van der Waals surface area (Å²) < 4.78 is 0. The maximum Gasteiger partial charge on any atom is 0.161 e. The van der Waals surface area contributed by atoms with E-state index in [0.717, 1.165) is 30.7 Å². The van der Waals surface area contributed by atoms with Gasteiger partial charge in [0, 0.05) is 24.8 Å². The van der Waals surface area contributed by atoms with Crippen molar-refractivity contribution in [2.75, 3.05) is 18.0 Å². The zero-order valence-corrected chi connectivity index (χ0v) is 11.6. The van der Waals surface area contributed by atoms with Gasteiger partial charge in [0.2, 0.25) is 0 Å². The summed E-state index contributed by atoms with van der Waals surface area (Å²) in [5.74, 6) is 2.93. The minimum Gasteiger partial charge on any atom is -0.356 e. The normalized spacial score (nSPS) is 26.9. The van der Waals surface area contributed by atoms with E-state index in [2.05, 4.69) is 9.88 Å². The Labute approximate surface area is 115 Å². The first-order valence-corrected chi connectivity index (χ1v) is 7.46. The lowest BCUT2D eigenvalue weighted by atomic mass is 9.75. The van der Waals surface area contributed by atoms with Gasteiger partial charge in [-0.15, -0.1) is 0 Å². The molecule has 1 aromatic rings.